The minimum Gasteiger partial charge on any atom is -0.454 e. The van der Waals surface area contributed by atoms with Gasteiger partial charge >= 0.3 is 0 Å². The molecular weight excluding hydrogens is 290 g/mol. The van der Waals surface area contributed by atoms with Gasteiger partial charge in [-0.1, -0.05) is 36.4 Å². The molecule has 0 amide bonds. The van der Waals surface area contributed by atoms with Crippen molar-refractivity contribution in [2.45, 2.75) is 38.5 Å². The van der Waals surface area contributed by atoms with Crippen molar-refractivity contribution < 1.29 is 14.6 Å². The molecule has 0 fully saturated rings. The number of hydrogen-bond acceptors (Lipinski definition) is 4. The van der Waals surface area contributed by atoms with E-state index in [1.807, 2.05) is 55.5 Å². The molecule has 0 saturated carbocycles. The van der Waals surface area contributed by atoms with Crippen LogP contribution < -0.4 is 14.8 Å². The van der Waals surface area contributed by atoms with Crippen molar-refractivity contribution in [2.75, 3.05) is 6.79 Å². The minimum atomic E-state index is -0.436. The topological polar surface area (TPSA) is 50.7 Å². The van der Waals surface area contributed by atoms with Gasteiger partial charge in [0.25, 0.3) is 0 Å². The van der Waals surface area contributed by atoms with Gasteiger partial charge in [0.1, 0.15) is 0 Å². The lowest BCUT2D eigenvalue weighted by Crippen LogP contribution is -2.39. The fourth-order valence-electron chi connectivity index (χ4n) is 2.82. The van der Waals surface area contributed by atoms with E-state index in [0.717, 1.165) is 22.6 Å². The zero-order valence-electron chi connectivity index (χ0n) is 13.5. The first-order valence-electron chi connectivity index (χ1n) is 8.01. The summed E-state index contributed by atoms with van der Waals surface area (Å²) in [5.41, 5.74) is 2.26. The van der Waals surface area contributed by atoms with E-state index in [0.29, 0.717) is 6.42 Å². The molecule has 2 aromatic carbocycles. The maximum absolute atomic E-state index is 10.4. The van der Waals surface area contributed by atoms with E-state index in [-0.39, 0.29) is 18.9 Å². The van der Waals surface area contributed by atoms with Gasteiger partial charge in [0.05, 0.1) is 6.10 Å². The summed E-state index contributed by atoms with van der Waals surface area (Å²) in [5.74, 6) is 1.58. The second kappa shape index (κ2) is 7.02. The molecule has 3 unspecified atom stereocenters. The number of rotatable bonds is 6. The molecule has 0 aliphatic carbocycles. The Bertz CT molecular complexity index is 644. The van der Waals surface area contributed by atoms with Gasteiger partial charge in [-0.15, -0.1) is 0 Å². The second-order valence-corrected chi connectivity index (χ2v) is 6.05. The molecule has 3 atom stereocenters. The molecule has 4 nitrogen and oxygen atoms in total. The van der Waals surface area contributed by atoms with Crippen LogP contribution >= 0.6 is 0 Å². The van der Waals surface area contributed by atoms with Gasteiger partial charge in [-0.25, -0.2) is 0 Å². The average Bonchev–Trinajstić information content (AvgIpc) is 3.03. The molecule has 0 bridgehead atoms. The Morgan fingerprint density at radius 3 is 2.57 bits per heavy atom. The Balaban J connectivity index is 1.59. The lowest BCUT2D eigenvalue weighted by molar-refractivity contribution is 0.129. The number of benzene rings is 2. The monoisotopic (exact) mass is 313 g/mol. The summed E-state index contributed by atoms with van der Waals surface area (Å²) < 4.78 is 10.8. The van der Waals surface area contributed by atoms with Crippen LogP contribution in [0.4, 0.5) is 0 Å². The summed E-state index contributed by atoms with van der Waals surface area (Å²) in [6, 6.07) is 16.1. The van der Waals surface area contributed by atoms with E-state index in [9.17, 15) is 5.11 Å². The van der Waals surface area contributed by atoms with Gasteiger partial charge in [0, 0.05) is 12.1 Å². The van der Waals surface area contributed by atoms with E-state index < -0.39 is 6.10 Å². The first-order valence-corrected chi connectivity index (χ1v) is 8.01. The molecule has 3 rings (SSSR count). The molecule has 0 aromatic heterocycles. The zero-order valence-corrected chi connectivity index (χ0v) is 13.5. The van der Waals surface area contributed by atoms with Crippen molar-refractivity contribution in [3.05, 3.63) is 59.7 Å². The van der Waals surface area contributed by atoms with Crippen molar-refractivity contribution in [3.8, 4) is 11.5 Å². The molecule has 0 radical (unpaired) electrons. The van der Waals surface area contributed by atoms with Crippen LogP contribution in [0.2, 0.25) is 0 Å². The Morgan fingerprint density at radius 2 is 1.78 bits per heavy atom. The maximum Gasteiger partial charge on any atom is 0.231 e. The Morgan fingerprint density at radius 1 is 1.04 bits per heavy atom. The number of aliphatic hydroxyl groups is 1. The zero-order chi connectivity index (χ0) is 16.2. The molecule has 0 saturated heterocycles. The standard InChI is InChI=1S/C19H23NO3/c1-13(16-8-9-18-19(11-16)23-12-22-18)20-14(2)17(21)10-15-6-4-3-5-7-15/h3-9,11,13-14,17,20-21H,10,12H2,1-2H3. The first-order chi connectivity index (χ1) is 11.1. The summed E-state index contributed by atoms with van der Waals surface area (Å²) in [6.07, 6.45) is 0.205. The predicted octanol–water partition coefficient (Wildman–Crippen LogP) is 3.06. The van der Waals surface area contributed by atoms with Gasteiger partial charge < -0.3 is 19.9 Å². The molecule has 0 spiro atoms. The molecule has 2 N–H and O–H groups in total. The summed E-state index contributed by atoms with van der Waals surface area (Å²) in [7, 11) is 0. The molecule has 122 valence electrons. The quantitative estimate of drug-likeness (QED) is 0.860. The van der Waals surface area contributed by atoms with Crippen LogP contribution in [0.25, 0.3) is 0 Å². The van der Waals surface area contributed by atoms with Crippen molar-refractivity contribution >= 4 is 0 Å². The Labute approximate surface area is 137 Å². The molecule has 1 aliphatic rings. The lowest BCUT2D eigenvalue weighted by Gasteiger charge is -2.25. The van der Waals surface area contributed by atoms with Crippen LogP contribution in [0, 0.1) is 0 Å². The first kappa shape index (κ1) is 15.8. The van der Waals surface area contributed by atoms with E-state index in [4.69, 9.17) is 9.47 Å². The van der Waals surface area contributed by atoms with Crippen molar-refractivity contribution in [3.63, 3.8) is 0 Å². The molecule has 4 heteroatoms. The highest BCUT2D eigenvalue weighted by Gasteiger charge is 2.20. The lowest BCUT2D eigenvalue weighted by atomic mass is 10.0. The Hall–Kier alpha value is -2.04. The summed E-state index contributed by atoms with van der Waals surface area (Å²) in [4.78, 5) is 0. The number of hydrogen-bond donors (Lipinski definition) is 2. The van der Waals surface area contributed by atoms with Crippen LogP contribution in [-0.2, 0) is 6.42 Å². The molecule has 2 aromatic rings. The maximum atomic E-state index is 10.4. The Kier molecular flexibility index (Phi) is 4.84. The van der Waals surface area contributed by atoms with Crippen molar-refractivity contribution in [2.24, 2.45) is 0 Å². The van der Waals surface area contributed by atoms with Crippen LogP contribution in [0.5, 0.6) is 11.5 Å². The highest BCUT2D eigenvalue weighted by atomic mass is 16.7. The SMILES string of the molecule is CC(NC(C)C(O)Cc1ccccc1)c1ccc2c(c1)OCO2. The molecular formula is C19H23NO3. The van der Waals surface area contributed by atoms with Crippen molar-refractivity contribution in [1.82, 2.24) is 5.32 Å². The fourth-order valence-corrected chi connectivity index (χ4v) is 2.82. The van der Waals surface area contributed by atoms with Gasteiger partial charge in [0.2, 0.25) is 6.79 Å². The highest BCUT2D eigenvalue weighted by Crippen LogP contribution is 2.34. The average molecular weight is 313 g/mol. The second-order valence-electron chi connectivity index (χ2n) is 6.05. The third-order valence-corrected chi connectivity index (χ3v) is 4.27. The summed E-state index contributed by atoms with van der Waals surface area (Å²) in [5, 5.41) is 13.9. The van der Waals surface area contributed by atoms with Crippen molar-refractivity contribution in [1.29, 1.82) is 0 Å². The van der Waals surface area contributed by atoms with Gasteiger partial charge in [0.15, 0.2) is 11.5 Å². The fraction of sp³-hybridized carbons (Fsp3) is 0.368. The number of aliphatic hydroxyl groups excluding tert-OH is 1. The molecule has 1 aliphatic heterocycles. The van der Waals surface area contributed by atoms with Crippen LogP contribution in [-0.4, -0.2) is 24.0 Å². The third kappa shape index (κ3) is 3.84. The van der Waals surface area contributed by atoms with E-state index in [2.05, 4.69) is 12.2 Å². The largest absolute Gasteiger partial charge is 0.454 e. The van der Waals surface area contributed by atoms with Crippen LogP contribution in [0.1, 0.15) is 31.0 Å². The smallest absolute Gasteiger partial charge is 0.231 e. The number of fused-ring (bicyclic) bond motifs is 1. The van der Waals surface area contributed by atoms with Crippen LogP contribution in [0.15, 0.2) is 48.5 Å². The summed E-state index contributed by atoms with van der Waals surface area (Å²) in [6.45, 7) is 4.38. The van der Waals surface area contributed by atoms with E-state index in [1.165, 1.54) is 0 Å². The van der Waals surface area contributed by atoms with E-state index >= 15 is 0 Å². The minimum absolute atomic E-state index is 0.0179. The normalized spacial score (nSPS) is 16.8. The van der Waals surface area contributed by atoms with Gasteiger partial charge in [-0.05, 0) is 43.5 Å². The molecule has 23 heavy (non-hydrogen) atoms. The van der Waals surface area contributed by atoms with Gasteiger partial charge in [-0.3, -0.25) is 0 Å². The van der Waals surface area contributed by atoms with Gasteiger partial charge in [-0.2, -0.15) is 0 Å². The van der Waals surface area contributed by atoms with E-state index in [1.54, 1.807) is 0 Å². The highest BCUT2D eigenvalue weighted by molar-refractivity contribution is 5.45. The molecule has 1 heterocycles. The third-order valence-electron chi connectivity index (χ3n) is 4.27. The summed E-state index contributed by atoms with van der Waals surface area (Å²) >= 11 is 0. The van der Waals surface area contributed by atoms with Crippen LogP contribution in [0.3, 0.4) is 0 Å². The number of nitrogens with one attached hydrogen (secondary N) is 1. The number of ether oxygens (including phenoxy) is 2. The predicted molar refractivity (Wildman–Crippen MR) is 89.7 cm³/mol.